The SMILES string of the molecule is Cc1cc(Br)ccc1Oc1cc(F)cc([N+](=O)[O-])c1. The van der Waals surface area contributed by atoms with Crippen molar-refractivity contribution in [2.75, 3.05) is 0 Å². The van der Waals surface area contributed by atoms with Gasteiger partial charge in [0.25, 0.3) is 5.69 Å². The van der Waals surface area contributed by atoms with Crippen LogP contribution in [0.5, 0.6) is 11.5 Å². The van der Waals surface area contributed by atoms with Gasteiger partial charge in [0, 0.05) is 10.5 Å². The van der Waals surface area contributed by atoms with Crippen molar-refractivity contribution < 1.29 is 14.1 Å². The van der Waals surface area contributed by atoms with Crippen molar-refractivity contribution in [3.8, 4) is 11.5 Å². The molecule has 0 saturated carbocycles. The van der Waals surface area contributed by atoms with E-state index >= 15 is 0 Å². The highest BCUT2D eigenvalue weighted by molar-refractivity contribution is 9.10. The van der Waals surface area contributed by atoms with Gasteiger partial charge in [0.1, 0.15) is 17.3 Å². The maximum Gasteiger partial charge on any atom is 0.276 e. The molecular weight excluding hydrogens is 317 g/mol. The zero-order valence-corrected chi connectivity index (χ0v) is 11.5. The fourth-order valence-electron chi connectivity index (χ4n) is 1.57. The molecule has 0 aromatic heterocycles. The molecule has 0 aliphatic carbocycles. The van der Waals surface area contributed by atoms with Gasteiger partial charge in [-0.25, -0.2) is 4.39 Å². The Morgan fingerprint density at radius 1 is 1.26 bits per heavy atom. The molecule has 0 radical (unpaired) electrons. The fraction of sp³-hybridized carbons (Fsp3) is 0.0769. The van der Waals surface area contributed by atoms with Crippen LogP contribution in [-0.4, -0.2) is 4.92 Å². The van der Waals surface area contributed by atoms with E-state index in [1.54, 1.807) is 12.1 Å². The summed E-state index contributed by atoms with van der Waals surface area (Å²) in [6.45, 7) is 1.83. The Hall–Kier alpha value is -1.95. The quantitative estimate of drug-likeness (QED) is 0.612. The molecule has 98 valence electrons. The second-order valence-electron chi connectivity index (χ2n) is 3.91. The van der Waals surface area contributed by atoms with E-state index in [-0.39, 0.29) is 11.4 Å². The van der Waals surface area contributed by atoms with Crippen LogP contribution in [0.2, 0.25) is 0 Å². The first-order chi connectivity index (χ1) is 8.95. The molecular formula is C13H9BrFNO3. The molecule has 0 amide bonds. The summed E-state index contributed by atoms with van der Waals surface area (Å²) in [6.07, 6.45) is 0. The Morgan fingerprint density at radius 3 is 2.63 bits per heavy atom. The zero-order chi connectivity index (χ0) is 14.0. The third-order valence-corrected chi connectivity index (χ3v) is 2.92. The van der Waals surface area contributed by atoms with Crippen molar-refractivity contribution in [1.82, 2.24) is 0 Å². The van der Waals surface area contributed by atoms with Crippen LogP contribution in [0.1, 0.15) is 5.56 Å². The van der Waals surface area contributed by atoms with E-state index in [0.29, 0.717) is 5.75 Å². The third kappa shape index (κ3) is 3.29. The van der Waals surface area contributed by atoms with Gasteiger partial charge in [-0.05, 0) is 30.7 Å². The summed E-state index contributed by atoms with van der Waals surface area (Å²) in [5.74, 6) is -0.0980. The number of aryl methyl sites for hydroxylation is 1. The molecule has 0 heterocycles. The van der Waals surface area contributed by atoms with E-state index in [4.69, 9.17) is 4.74 Å². The Morgan fingerprint density at radius 2 is 2.00 bits per heavy atom. The number of nitro groups is 1. The molecule has 2 aromatic carbocycles. The number of nitrogens with zero attached hydrogens (tertiary/aromatic N) is 1. The normalized spacial score (nSPS) is 10.3. The van der Waals surface area contributed by atoms with Crippen LogP contribution in [0.15, 0.2) is 40.9 Å². The molecule has 2 rings (SSSR count). The minimum absolute atomic E-state index is 0.0946. The molecule has 0 fully saturated rings. The van der Waals surface area contributed by atoms with Gasteiger partial charge in [0.2, 0.25) is 0 Å². The molecule has 0 bridgehead atoms. The van der Waals surface area contributed by atoms with Crippen molar-refractivity contribution in [2.24, 2.45) is 0 Å². The largest absolute Gasteiger partial charge is 0.457 e. The molecule has 6 heteroatoms. The minimum Gasteiger partial charge on any atom is -0.457 e. The summed E-state index contributed by atoms with van der Waals surface area (Å²) in [7, 11) is 0. The van der Waals surface area contributed by atoms with Crippen LogP contribution < -0.4 is 4.74 Å². The lowest BCUT2D eigenvalue weighted by atomic mass is 10.2. The van der Waals surface area contributed by atoms with Crippen LogP contribution >= 0.6 is 15.9 Å². The number of halogens is 2. The smallest absolute Gasteiger partial charge is 0.276 e. The maximum atomic E-state index is 13.3. The monoisotopic (exact) mass is 325 g/mol. The number of hydrogen-bond donors (Lipinski definition) is 0. The lowest BCUT2D eigenvalue weighted by Gasteiger charge is -2.09. The fourth-order valence-corrected chi connectivity index (χ4v) is 2.04. The Balaban J connectivity index is 2.35. The first-order valence-electron chi connectivity index (χ1n) is 5.35. The van der Waals surface area contributed by atoms with E-state index < -0.39 is 10.7 Å². The third-order valence-electron chi connectivity index (χ3n) is 2.43. The molecule has 0 spiro atoms. The molecule has 19 heavy (non-hydrogen) atoms. The summed E-state index contributed by atoms with van der Waals surface area (Å²) < 4.78 is 19.6. The second kappa shape index (κ2) is 5.36. The van der Waals surface area contributed by atoms with Crippen molar-refractivity contribution in [2.45, 2.75) is 6.92 Å². The Labute approximate surface area is 117 Å². The van der Waals surface area contributed by atoms with E-state index in [1.165, 1.54) is 6.07 Å². The second-order valence-corrected chi connectivity index (χ2v) is 4.83. The van der Waals surface area contributed by atoms with Gasteiger partial charge in [-0.2, -0.15) is 0 Å². The van der Waals surface area contributed by atoms with Crippen LogP contribution in [0.4, 0.5) is 10.1 Å². The topological polar surface area (TPSA) is 52.4 Å². The Bertz CT molecular complexity index is 646. The zero-order valence-electron chi connectivity index (χ0n) is 9.89. The first kappa shape index (κ1) is 13.5. The number of non-ortho nitro benzene ring substituents is 1. The average Bonchev–Trinajstić information content (AvgIpc) is 2.32. The first-order valence-corrected chi connectivity index (χ1v) is 6.14. The number of hydrogen-bond acceptors (Lipinski definition) is 3. The van der Waals surface area contributed by atoms with Crippen molar-refractivity contribution in [1.29, 1.82) is 0 Å². The summed E-state index contributed by atoms with van der Waals surface area (Å²) in [5.41, 5.74) is 0.492. The van der Waals surface area contributed by atoms with E-state index in [2.05, 4.69) is 15.9 Å². The van der Waals surface area contributed by atoms with Gasteiger partial charge < -0.3 is 4.74 Å². The summed E-state index contributed by atoms with van der Waals surface area (Å²) >= 11 is 3.32. The summed E-state index contributed by atoms with van der Waals surface area (Å²) in [4.78, 5) is 9.98. The Kier molecular flexibility index (Phi) is 3.80. The standard InChI is InChI=1S/C13H9BrFNO3/c1-8-4-9(14)2-3-13(8)19-12-6-10(15)5-11(7-12)16(17)18/h2-7H,1H3. The van der Waals surface area contributed by atoms with Crippen LogP contribution in [-0.2, 0) is 0 Å². The lowest BCUT2D eigenvalue weighted by molar-refractivity contribution is -0.385. The minimum atomic E-state index is -0.709. The van der Waals surface area contributed by atoms with Gasteiger partial charge in [-0.3, -0.25) is 10.1 Å². The number of rotatable bonds is 3. The van der Waals surface area contributed by atoms with Crippen LogP contribution in [0, 0.1) is 22.9 Å². The van der Waals surface area contributed by atoms with Gasteiger partial charge in [-0.1, -0.05) is 15.9 Å². The highest BCUT2D eigenvalue weighted by Gasteiger charge is 2.12. The van der Waals surface area contributed by atoms with Crippen molar-refractivity contribution >= 4 is 21.6 Å². The van der Waals surface area contributed by atoms with Crippen molar-refractivity contribution in [3.63, 3.8) is 0 Å². The molecule has 0 unspecified atom stereocenters. The van der Waals surface area contributed by atoms with E-state index in [0.717, 1.165) is 22.2 Å². The molecule has 4 nitrogen and oxygen atoms in total. The van der Waals surface area contributed by atoms with Gasteiger partial charge in [0.05, 0.1) is 17.1 Å². The molecule has 0 aliphatic rings. The van der Waals surface area contributed by atoms with E-state index in [9.17, 15) is 14.5 Å². The predicted octanol–water partition coefficient (Wildman–Crippen LogP) is 4.60. The van der Waals surface area contributed by atoms with Gasteiger partial charge >= 0.3 is 0 Å². The molecule has 0 aliphatic heterocycles. The predicted molar refractivity (Wildman–Crippen MR) is 72.0 cm³/mol. The van der Waals surface area contributed by atoms with Gasteiger partial charge in [-0.15, -0.1) is 0 Å². The molecule has 0 atom stereocenters. The highest BCUT2D eigenvalue weighted by Crippen LogP contribution is 2.30. The van der Waals surface area contributed by atoms with Crippen LogP contribution in [0.25, 0.3) is 0 Å². The summed E-state index contributed by atoms with van der Waals surface area (Å²) in [5, 5.41) is 10.6. The molecule has 2 aromatic rings. The van der Waals surface area contributed by atoms with Gasteiger partial charge in [0.15, 0.2) is 0 Å². The maximum absolute atomic E-state index is 13.3. The lowest BCUT2D eigenvalue weighted by Crippen LogP contribution is -1.92. The highest BCUT2D eigenvalue weighted by atomic mass is 79.9. The van der Waals surface area contributed by atoms with Crippen LogP contribution in [0.3, 0.4) is 0 Å². The number of benzene rings is 2. The summed E-state index contributed by atoms with van der Waals surface area (Å²) in [6, 6.07) is 8.45. The molecule has 0 saturated heterocycles. The average molecular weight is 326 g/mol. The number of nitro benzene ring substituents is 1. The van der Waals surface area contributed by atoms with Crippen molar-refractivity contribution in [3.05, 3.63) is 62.4 Å². The van der Waals surface area contributed by atoms with E-state index in [1.807, 2.05) is 13.0 Å². The number of ether oxygens (including phenoxy) is 1. The molecule has 0 N–H and O–H groups in total.